The lowest BCUT2D eigenvalue weighted by molar-refractivity contribution is -0.172. The SMILES string of the molecule is CC[C@@]1(O)C(=O)OCc2c1cc1n(c2=O)Cc2c-1cc1cc(F)c(C)c3c1c2[C@@H](NC(=O)CCCC(=O)CNC(=O)[C@@H](CC(=O)CNC(=O)CCC(=O)[C@H](CC(=O)O)NC(=O)CCOCCCC(=O)CCN1C(=O)CC(C)C1=O)Cc1ccccc1)CC3. The van der Waals surface area contributed by atoms with Gasteiger partial charge < -0.3 is 45.5 Å². The molecular weight excluding hydrogens is 1140 g/mol. The van der Waals surface area contributed by atoms with E-state index in [1.54, 1.807) is 67.8 Å². The van der Waals surface area contributed by atoms with Crippen molar-refractivity contribution in [2.45, 2.75) is 154 Å². The van der Waals surface area contributed by atoms with Gasteiger partial charge in [-0.25, -0.2) is 9.18 Å². The van der Waals surface area contributed by atoms with Gasteiger partial charge >= 0.3 is 11.9 Å². The average molecular weight is 1220 g/mol. The molecule has 3 aliphatic heterocycles. The fourth-order valence-electron chi connectivity index (χ4n) is 12.0. The number of carbonyl (C=O) groups excluding carboxylic acids is 11. The number of aryl methyl sites for hydroxylation is 1. The Morgan fingerprint density at radius 3 is 2.26 bits per heavy atom. The molecule has 4 heterocycles. The van der Waals surface area contributed by atoms with Gasteiger partial charge in [0.05, 0.1) is 56.0 Å². The maximum Gasteiger partial charge on any atom is 0.343 e. The molecule has 0 saturated carbocycles. The molecule has 5 atom stereocenters. The van der Waals surface area contributed by atoms with Crippen LogP contribution in [0, 0.1) is 24.6 Å². The van der Waals surface area contributed by atoms with Crippen LogP contribution in [0.1, 0.15) is 149 Å². The zero-order valence-electron chi connectivity index (χ0n) is 49.5. The molecule has 6 amide bonds. The van der Waals surface area contributed by atoms with Crippen molar-refractivity contribution in [3.63, 3.8) is 0 Å². The average Bonchev–Trinajstić information content (AvgIpc) is 1.49. The lowest BCUT2D eigenvalue weighted by Gasteiger charge is -2.31. The highest BCUT2D eigenvalue weighted by molar-refractivity contribution is 6.04. The van der Waals surface area contributed by atoms with E-state index in [0.29, 0.717) is 47.0 Å². The molecule has 4 aromatic rings. The molecule has 0 spiro atoms. The number of hydrogen-bond donors (Lipinski definition) is 6. The predicted molar refractivity (Wildman–Crippen MR) is 312 cm³/mol. The summed E-state index contributed by atoms with van der Waals surface area (Å²) in [5.74, 6) is -8.86. The van der Waals surface area contributed by atoms with Gasteiger partial charge in [-0.2, -0.15) is 0 Å². The van der Waals surface area contributed by atoms with E-state index >= 15 is 4.39 Å². The van der Waals surface area contributed by atoms with Crippen LogP contribution >= 0.6 is 0 Å². The van der Waals surface area contributed by atoms with Gasteiger partial charge in [-0.3, -0.25) is 62.4 Å². The Kier molecular flexibility index (Phi) is 21.5. The second-order valence-corrected chi connectivity index (χ2v) is 23.1. The van der Waals surface area contributed by atoms with Crippen LogP contribution in [0.4, 0.5) is 4.39 Å². The van der Waals surface area contributed by atoms with E-state index in [4.69, 9.17) is 9.47 Å². The summed E-state index contributed by atoms with van der Waals surface area (Å²) in [6, 6.07) is 11.6. The molecule has 3 aromatic carbocycles. The third-order valence-electron chi connectivity index (χ3n) is 16.9. The summed E-state index contributed by atoms with van der Waals surface area (Å²) < 4.78 is 27.7. The number of cyclic esters (lactones) is 1. The summed E-state index contributed by atoms with van der Waals surface area (Å²) >= 11 is 0. The number of nitrogens with one attached hydrogen (secondary N) is 4. The van der Waals surface area contributed by atoms with Gasteiger partial charge in [0, 0.05) is 93.9 Å². The van der Waals surface area contributed by atoms with Crippen LogP contribution < -0.4 is 26.8 Å². The maximum atomic E-state index is 15.5. The lowest BCUT2D eigenvalue weighted by Crippen LogP contribution is -2.44. The topological polar surface area (TPSA) is 337 Å². The first-order valence-corrected chi connectivity index (χ1v) is 29.8. The van der Waals surface area contributed by atoms with Crippen LogP contribution in [0.5, 0.6) is 0 Å². The number of imide groups is 1. The third kappa shape index (κ3) is 15.4. The number of carbonyl (C=O) groups is 12. The molecule has 4 aliphatic rings. The first kappa shape index (κ1) is 65.3. The van der Waals surface area contributed by atoms with Gasteiger partial charge in [-0.05, 0) is 102 Å². The van der Waals surface area contributed by atoms with Gasteiger partial charge in [-0.1, -0.05) is 44.2 Å². The number of benzene rings is 3. The molecule has 88 heavy (non-hydrogen) atoms. The number of carboxylic acid groups (broad SMARTS) is 1. The number of rotatable bonds is 32. The fraction of sp³-hybridized carbons (Fsp3) is 0.484. The van der Waals surface area contributed by atoms with Crippen molar-refractivity contribution in [2.75, 3.05) is 32.8 Å². The van der Waals surface area contributed by atoms with Crippen LogP contribution in [0.2, 0.25) is 0 Å². The van der Waals surface area contributed by atoms with Crippen molar-refractivity contribution in [1.29, 1.82) is 0 Å². The molecule has 1 unspecified atom stereocenters. The number of aliphatic hydroxyl groups is 1. The zero-order chi connectivity index (χ0) is 63.6. The fourth-order valence-corrected chi connectivity index (χ4v) is 12.0. The predicted octanol–water partition coefficient (Wildman–Crippen LogP) is 3.88. The molecule has 8 rings (SSSR count). The number of ketones is 4. The summed E-state index contributed by atoms with van der Waals surface area (Å²) in [6.07, 6.45) is -0.799. The summed E-state index contributed by atoms with van der Waals surface area (Å²) in [5.41, 5.74) is 2.35. The first-order valence-electron chi connectivity index (χ1n) is 29.8. The highest BCUT2D eigenvalue weighted by Gasteiger charge is 2.46. The quantitative estimate of drug-likeness (QED) is 0.0202. The van der Waals surface area contributed by atoms with E-state index in [1.165, 1.54) is 6.07 Å². The number of esters is 1. The largest absolute Gasteiger partial charge is 0.481 e. The summed E-state index contributed by atoms with van der Waals surface area (Å²) in [6.45, 7) is 3.88. The number of likely N-dealkylation sites (tertiary alicyclic amines) is 1. The summed E-state index contributed by atoms with van der Waals surface area (Å²) in [5, 5.41) is 32.7. The van der Waals surface area contributed by atoms with Gasteiger partial charge in [0.1, 0.15) is 18.2 Å². The molecule has 23 nitrogen and oxygen atoms in total. The Bertz CT molecular complexity index is 3540. The number of fused-ring (bicyclic) bond motifs is 5. The van der Waals surface area contributed by atoms with E-state index in [0.717, 1.165) is 27.0 Å². The number of Topliss-reactive ketones (excluding diaryl/α,β-unsaturated/α-hetero) is 4. The minimum atomic E-state index is -2.04. The van der Waals surface area contributed by atoms with Crippen molar-refractivity contribution in [2.24, 2.45) is 11.8 Å². The standard InChI is InChI=1S/C64H73FN6O17/c1-4-64(86)47-29-51-44-27-38-28-48(65)36(3)43-15-16-49(59(58(38)43)45(44)33-71(51)62(84)46(47)34-88-63(64)85)68-54(77)14-8-12-41(73)31-67-60(82)39(25-37-10-6-5-7-11-37)26-42(74)32-66-53(76)18-17-52(75)50(30-57(80)81)69-55(78)20-23-87-22-9-13-40(72)19-21-70-56(79)24-35(2)61(70)83/h5-7,10-11,27-29,35,39,49-50,86H,4,8-9,12-26,30-34H2,1-3H3,(H,66,76)(H,67,82)(H,68,77)(H,69,78)(H,80,81)/t35?,39-,49+,50+,64+/m1/s1. The number of aliphatic carboxylic acids is 1. The van der Waals surface area contributed by atoms with Crippen molar-refractivity contribution < 1.29 is 81.6 Å². The molecule has 1 aliphatic carbocycles. The van der Waals surface area contributed by atoms with E-state index in [9.17, 15) is 72.5 Å². The van der Waals surface area contributed by atoms with Crippen LogP contribution in [-0.4, -0.2) is 129 Å². The molecule has 6 N–H and O–H groups in total. The molecule has 0 radical (unpaired) electrons. The smallest absolute Gasteiger partial charge is 0.343 e. The highest BCUT2D eigenvalue weighted by Crippen LogP contribution is 2.47. The van der Waals surface area contributed by atoms with Crippen LogP contribution in [-0.2, 0) is 98.6 Å². The lowest BCUT2D eigenvalue weighted by atomic mass is 9.79. The van der Waals surface area contributed by atoms with Crippen molar-refractivity contribution in [1.82, 2.24) is 30.7 Å². The minimum Gasteiger partial charge on any atom is -0.481 e. The van der Waals surface area contributed by atoms with E-state index in [2.05, 4.69) is 21.3 Å². The van der Waals surface area contributed by atoms with Gasteiger partial charge in [-0.15, -0.1) is 0 Å². The number of carboxylic acids is 1. The van der Waals surface area contributed by atoms with Crippen molar-refractivity contribution in [3.05, 3.63) is 104 Å². The normalized spacial score (nSPS) is 17.9. The molecule has 1 saturated heterocycles. The van der Waals surface area contributed by atoms with E-state index in [1.807, 2.05) is 0 Å². The monoisotopic (exact) mass is 1220 g/mol. The summed E-state index contributed by atoms with van der Waals surface area (Å²) in [7, 11) is 0. The Hall–Kier alpha value is -8.64. The van der Waals surface area contributed by atoms with Crippen LogP contribution in [0.3, 0.4) is 0 Å². The maximum absolute atomic E-state index is 15.5. The molecule has 1 aromatic heterocycles. The van der Waals surface area contributed by atoms with Crippen LogP contribution in [0.25, 0.3) is 22.0 Å². The molecular formula is C64H73FN6O17. The minimum absolute atomic E-state index is 0.0183. The second kappa shape index (κ2) is 28.9. The Morgan fingerprint density at radius 1 is 0.807 bits per heavy atom. The number of ether oxygens (including phenoxy) is 2. The second-order valence-electron chi connectivity index (χ2n) is 23.1. The van der Waals surface area contributed by atoms with Gasteiger partial charge in [0.15, 0.2) is 23.0 Å². The molecule has 0 bridgehead atoms. The number of halogens is 1. The Morgan fingerprint density at radius 2 is 1.55 bits per heavy atom. The number of nitrogens with zero attached hydrogens (tertiary/aromatic N) is 2. The first-order chi connectivity index (χ1) is 42.0. The summed E-state index contributed by atoms with van der Waals surface area (Å²) in [4.78, 5) is 168. The van der Waals surface area contributed by atoms with Crippen LogP contribution in [0.15, 0.2) is 53.3 Å². The van der Waals surface area contributed by atoms with Gasteiger partial charge in [0.2, 0.25) is 35.4 Å². The third-order valence-corrected chi connectivity index (χ3v) is 16.9. The van der Waals surface area contributed by atoms with E-state index in [-0.39, 0.29) is 138 Å². The van der Waals surface area contributed by atoms with Gasteiger partial charge in [0.25, 0.3) is 5.56 Å². The number of amides is 6. The molecule has 1 fully saturated rings. The zero-order valence-corrected chi connectivity index (χ0v) is 49.5. The Balaban J connectivity index is 0.777. The number of hydrogen-bond acceptors (Lipinski definition) is 16. The number of pyridine rings is 1. The molecule has 468 valence electrons. The Labute approximate surface area is 505 Å². The van der Waals surface area contributed by atoms with Crippen molar-refractivity contribution >= 4 is 81.3 Å². The number of aromatic nitrogens is 1. The molecule has 24 heteroatoms. The van der Waals surface area contributed by atoms with E-state index < -0.39 is 114 Å². The highest BCUT2D eigenvalue weighted by atomic mass is 19.1. The van der Waals surface area contributed by atoms with Crippen molar-refractivity contribution in [3.8, 4) is 11.3 Å².